The molecule has 3 nitrogen and oxygen atoms in total. The molecule has 118 valence electrons. The average molecular weight is 291 g/mol. The number of hydrogen-bond acceptors (Lipinski definition) is 3. The van der Waals surface area contributed by atoms with Gasteiger partial charge in [-0.3, -0.25) is 0 Å². The topological polar surface area (TPSA) is 30.5 Å². The fourth-order valence-electron chi connectivity index (χ4n) is 3.03. The third-order valence-electron chi connectivity index (χ3n) is 4.25. The summed E-state index contributed by atoms with van der Waals surface area (Å²) in [6.07, 6.45) is 7.72. The van der Waals surface area contributed by atoms with Crippen molar-refractivity contribution in [2.24, 2.45) is 0 Å². The zero-order valence-corrected chi connectivity index (χ0v) is 13.4. The van der Waals surface area contributed by atoms with Crippen LogP contribution in [0.2, 0.25) is 0 Å². The van der Waals surface area contributed by atoms with E-state index >= 15 is 0 Å². The van der Waals surface area contributed by atoms with Gasteiger partial charge >= 0.3 is 0 Å². The summed E-state index contributed by atoms with van der Waals surface area (Å²) in [4.78, 5) is 0. The molecule has 21 heavy (non-hydrogen) atoms. The SMILES string of the molecule is CCNC(CCC1CCCCO1)Cc1ccc(OC)cc1. The van der Waals surface area contributed by atoms with Crippen molar-refractivity contribution >= 4 is 0 Å². The molecule has 1 aromatic rings. The molecule has 3 heteroatoms. The molecule has 1 fully saturated rings. The molecule has 1 aromatic carbocycles. The Kier molecular flexibility index (Phi) is 7.04. The van der Waals surface area contributed by atoms with Gasteiger partial charge in [-0.05, 0) is 62.8 Å². The van der Waals surface area contributed by atoms with Crippen LogP contribution in [0, 0.1) is 0 Å². The summed E-state index contributed by atoms with van der Waals surface area (Å²) in [5.74, 6) is 0.925. The predicted molar refractivity (Wildman–Crippen MR) is 87.0 cm³/mol. The number of benzene rings is 1. The molecule has 1 aliphatic rings. The molecule has 2 atom stereocenters. The number of methoxy groups -OCH3 is 1. The van der Waals surface area contributed by atoms with Crippen LogP contribution in [0.5, 0.6) is 5.75 Å². The number of rotatable bonds is 8. The van der Waals surface area contributed by atoms with Crippen molar-refractivity contribution in [3.63, 3.8) is 0 Å². The molecule has 1 heterocycles. The smallest absolute Gasteiger partial charge is 0.118 e. The van der Waals surface area contributed by atoms with Crippen LogP contribution < -0.4 is 10.1 Å². The van der Waals surface area contributed by atoms with Gasteiger partial charge in [0.05, 0.1) is 13.2 Å². The van der Waals surface area contributed by atoms with Crippen molar-refractivity contribution < 1.29 is 9.47 Å². The number of hydrogen-bond donors (Lipinski definition) is 1. The molecule has 0 saturated carbocycles. The van der Waals surface area contributed by atoms with E-state index in [4.69, 9.17) is 9.47 Å². The summed E-state index contributed by atoms with van der Waals surface area (Å²) in [7, 11) is 1.71. The minimum atomic E-state index is 0.482. The highest BCUT2D eigenvalue weighted by Crippen LogP contribution is 2.19. The molecule has 0 aromatic heterocycles. The summed E-state index contributed by atoms with van der Waals surface area (Å²) in [6, 6.07) is 8.96. The van der Waals surface area contributed by atoms with Gasteiger partial charge in [-0.25, -0.2) is 0 Å². The quantitative estimate of drug-likeness (QED) is 0.794. The molecule has 2 unspecified atom stereocenters. The van der Waals surface area contributed by atoms with Crippen LogP contribution in [0.3, 0.4) is 0 Å². The van der Waals surface area contributed by atoms with E-state index in [1.807, 2.05) is 12.1 Å². The largest absolute Gasteiger partial charge is 0.497 e. The molecule has 2 rings (SSSR count). The van der Waals surface area contributed by atoms with Gasteiger partial charge in [0.1, 0.15) is 5.75 Å². The van der Waals surface area contributed by atoms with Gasteiger partial charge in [0, 0.05) is 12.6 Å². The molecular weight excluding hydrogens is 262 g/mol. The molecular formula is C18H29NO2. The molecule has 0 spiro atoms. The highest BCUT2D eigenvalue weighted by Gasteiger charge is 2.16. The van der Waals surface area contributed by atoms with Crippen LogP contribution >= 0.6 is 0 Å². The van der Waals surface area contributed by atoms with E-state index in [1.54, 1.807) is 7.11 Å². The van der Waals surface area contributed by atoms with Crippen LogP contribution in [0.25, 0.3) is 0 Å². The van der Waals surface area contributed by atoms with Crippen molar-refractivity contribution in [1.29, 1.82) is 0 Å². The summed E-state index contributed by atoms with van der Waals surface area (Å²) in [5.41, 5.74) is 1.37. The Morgan fingerprint density at radius 1 is 1.29 bits per heavy atom. The van der Waals surface area contributed by atoms with Gasteiger partial charge in [-0.2, -0.15) is 0 Å². The lowest BCUT2D eigenvalue weighted by Crippen LogP contribution is -2.32. The van der Waals surface area contributed by atoms with Crippen molar-refractivity contribution in [1.82, 2.24) is 5.32 Å². The van der Waals surface area contributed by atoms with Gasteiger partial charge in [0.15, 0.2) is 0 Å². The van der Waals surface area contributed by atoms with E-state index in [-0.39, 0.29) is 0 Å². The van der Waals surface area contributed by atoms with Crippen molar-refractivity contribution in [3.05, 3.63) is 29.8 Å². The fourth-order valence-corrected chi connectivity index (χ4v) is 3.03. The third-order valence-corrected chi connectivity index (χ3v) is 4.25. The second-order valence-electron chi connectivity index (χ2n) is 5.87. The lowest BCUT2D eigenvalue weighted by Gasteiger charge is -2.25. The molecule has 0 radical (unpaired) electrons. The Bertz CT molecular complexity index is 385. The maximum absolute atomic E-state index is 5.84. The molecule has 1 saturated heterocycles. The van der Waals surface area contributed by atoms with E-state index in [0.717, 1.165) is 25.3 Å². The van der Waals surface area contributed by atoms with Gasteiger partial charge in [0.2, 0.25) is 0 Å². The van der Waals surface area contributed by atoms with Gasteiger partial charge < -0.3 is 14.8 Å². The maximum Gasteiger partial charge on any atom is 0.118 e. The van der Waals surface area contributed by atoms with Crippen LogP contribution in [0.4, 0.5) is 0 Å². The van der Waals surface area contributed by atoms with Crippen molar-refractivity contribution in [2.45, 2.75) is 57.6 Å². The Labute approximate surface area is 129 Å². The first-order valence-corrected chi connectivity index (χ1v) is 8.29. The predicted octanol–water partition coefficient (Wildman–Crippen LogP) is 3.57. The molecule has 1 aliphatic heterocycles. The van der Waals surface area contributed by atoms with E-state index in [2.05, 4.69) is 24.4 Å². The van der Waals surface area contributed by atoms with Crippen LogP contribution in [-0.2, 0) is 11.2 Å². The summed E-state index contributed by atoms with van der Waals surface area (Å²) in [5, 5.41) is 3.61. The Morgan fingerprint density at radius 3 is 2.71 bits per heavy atom. The molecule has 0 bridgehead atoms. The summed E-state index contributed by atoms with van der Waals surface area (Å²) in [6.45, 7) is 4.15. The van der Waals surface area contributed by atoms with Crippen molar-refractivity contribution in [3.8, 4) is 5.75 Å². The fraction of sp³-hybridized carbons (Fsp3) is 0.667. The van der Waals surface area contributed by atoms with E-state index in [1.165, 1.54) is 37.7 Å². The lowest BCUT2D eigenvalue weighted by molar-refractivity contribution is 0.00860. The summed E-state index contributed by atoms with van der Waals surface area (Å²) >= 11 is 0. The Morgan fingerprint density at radius 2 is 2.10 bits per heavy atom. The standard InChI is InChI=1S/C18H29NO2/c1-3-19-16(9-12-18-6-4-5-13-21-18)14-15-7-10-17(20-2)11-8-15/h7-8,10-11,16,18-19H,3-6,9,12-14H2,1-2H3. The number of likely N-dealkylation sites (N-methyl/N-ethyl adjacent to an activating group) is 1. The monoisotopic (exact) mass is 291 g/mol. The normalized spacial score (nSPS) is 20.2. The van der Waals surface area contributed by atoms with Crippen LogP contribution in [0.1, 0.15) is 44.6 Å². The van der Waals surface area contributed by atoms with Crippen LogP contribution in [-0.4, -0.2) is 32.4 Å². The number of nitrogens with one attached hydrogen (secondary N) is 1. The van der Waals surface area contributed by atoms with Gasteiger partial charge in [-0.15, -0.1) is 0 Å². The molecule has 1 N–H and O–H groups in total. The lowest BCUT2D eigenvalue weighted by atomic mass is 9.97. The first kappa shape index (κ1) is 16.3. The van der Waals surface area contributed by atoms with Gasteiger partial charge in [0.25, 0.3) is 0 Å². The average Bonchev–Trinajstić information content (AvgIpc) is 2.54. The Hall–Kier alpha value is -1.06. The maximum atomic E-state index is 5.84. The highest BCUT2D eigenvalue weighted by atomic mass is 16.5. The summed E-state index contributed by atoms with van der Waals surface area (Å²) < 4.78 is 11.1. The molecule has 0 aliphatic carbocycles. The van der Waals surface area contributed by atoms with Crippen LogP contribution in [0.15, 0.2) is 24.3 Å². The number of ether oxygens (including phenoxy) is 2. The highest BCUT2D eigenvalue weighted by molar-refractivity contribution is 5.27. The van der Waals surface area contributed by atoms with Gasteiger partial charge in [-0.1, -0.05) is 19.1 Å². The minimum absolute atomic E-state index is 0.482. The first-order valence-electron chi connectivity index (χ1n) is 8.29. The second kappa shape index (κ2) is 9.06. The van der Waals surface area contributed by atoms with E-state index < -0.39 is 0 Å². The molecule has 0 amide bonds. The third kappa shape index (κ3) is 5.68. The zero-order chi connectivity index (χ0) is 14.9. The second-order valence-corrected chi connectivity index (χ2v) is 5.87. The van der Waals surface area contributed by atoms with Crippen molar-refractivity contribution in [2.75, 3.05) is 20.3 Å². The van der Waals surface area contributed by atoms with E-state index in [9.17, 15) is 0 Å². The first-order chi connectivity index (χ1) is 10.3. The Balaban J connectivity index is 1.82. The zero-order valence-electron chi connectivity index (χ0n) is 13.4. The minimum Gasteiger partial charge on any atom is -0.497 e. The van der Waals surface area contributed by atoms with E-state index in [0.29, 0.717) is 12.1 Å².